The average Bonchev–Trinajstić information content (AvgIpc) is 3.04. The molecule has 1 atom stereocenters. The Kier molecular flexibility index (Phi) is 3.82. The smallest absolute Gasteiger partial charge is 0.234 e. The molecule has 4 nitrogen and oxygen atoms in total. The highest BCUT2D eigenvalue weighted by atomic mass is 16.1. The second-order valence-corrected chi connectivity index (χ2v) is 5.31. The van der Waals surface area contributed by atoms with E-state index < -0.39 is 0 Å². The van der Waals surface area contributed by atoms with Crippen LogP contribution in [0.4, 0.5) is 0 Å². The Hall–Kier alpha value is -0.610. The first-order chi connectivity index (χ1) is 7.65. The molecule has 2 aliphatic rings. The van der Waals surface area contributed by atoms with Gasteiger partial charge in [-0.3, -0.25) is 4.79 Å². The number of likely N-dealkylation sites (tertiary alicyclic amines) is 1. The monoisotopic (exact) mass is 225 g/mol. The highest BCUT2D eigenvalue weighted by Crippen LogP contribution is 2.30. The Bertz CT molecular complexity index is 245. The van der Waals surface area contributed by atoms with E-state index in [0.717, 1.165) is 18.8 Å². The Morgan fingerprint density at radius 3 is 2.50 bits per heavy atom. The van der Waals surface area contributed by atoms with E-state index in [1.54, 1.807) is 0 Å². The van der Waals surface area contributed by atoms with E-state index in [2.05, 4.69) is 10.2 Å². The van der Waals surface area contributed by atoms with Gasteiger partial charge in [-0.15, -0.1) is 0 Å². The van der Waals surface area contributed by atoms with Crippen molar-refractivity contribution in [3.8, 4) is 0 Å². The number of amides is 1. The van der Waals surface area contributed by atoms with Gasteiger partial charge < -0.3 is 16.0 Å². The van der Waals surface area contributed by atoms with Crippen LogP contribution < -0.4 is 11.1 Å². The van der Waals surface area contributed by atoms with E-state index >= 15 is 0 Å². The Labute approximate surface area is 97.6 Å². The third kappa shape index (κ3) is 3.46. The molecule has 1 saturated heterocycles. The van der Waals surface area contributed by atoms with Gasteiger partial charge in [0, 0.05) is 12.6 Å². The fraction of sp³-hybridized carbons (Fsp3) is 0.917. The predicted molar refractivity (Wildman–Crippen MR) is 64.0 cm³/mol. The van der Waals surface area contributed by atoms with Crippen LogP contribution in [0, 0.1) is 5.92 Å². The number of primary amides is 1. The first-order valence-corrected chi connectivity index (χ1v) is 6.43. The van der Waals surface area contributed by atoms with Gasteiger partial charge in [-0.1, -0.05) is 0 Å². The van der Waals surface area contributed by atoms with Crippen LogP contribution in [-0.4, -0.2) is 42.5 Å². The fourth-order valence-corrected chi connectivity index (χ4v) is 2.38. The molecule has 0 bridgehead atoms. The lowest BCUT2D eigenvalue weighted by Crippen LogP contribution is -2.49. The van der Waals surface area contributed by atoms with Gasteiger partial charge in [-0.05, 0) is 51.6 Å². The Morgan fingerprint density at radius 1 is 1.38 bits per heavy atom. The normalized spacial score (nSPS) is 25.6. The molecule has 1 heterocycles. The molecule has 1 amide bonds. The van der Waals surface area contributed by atoms with E-state index in [1.165, 1.54) is 32.5 Å². The molecule has 4 heteroatoms. The van der Waals surface area contributed by atoms with Crippen LogP contribution in [0.1, 0.15) is 32.6 Å². The summed E-state index contributed by atoms with van der Waals surface area (Å²) in [6.07, 6.45) is 5.14. The second-order valence-electron chi connectivity index (χ2n) is 5.31. The van der Waals surface area contributed by atoms with Crippen molar-refractivity contribution in [2.75, 3.05) is 19.6 Å². The van der Waals surface area contributed by atoms with Gasteiger partial charge in [-0.25, -0.2) is 0 Å². The molecule has 3 N–H and O–H groups in total. The van der Waals surface area contributed by atoms with Crippen molar-refractivity contribution in [2.45, 2.75) is 44.7 Å². The van der Waals surface area contributed by atoms with Crippen molar-refractivity contribution in [2.24, 2.45) is 11.7 Å². The van der Waals surface area contributed by atoms with Crippen LogP contribution >= 0.6 is 0 Å². The fourth-order valence-electron chi connectivity index (χ4n) is 2.38. The van der Waals surface area contributed by atoms with Crippen molar-refractivity contribution in [3.63, 3.8) is 0 Å². The van der Waals surface area contributed by atoms with Crippen LogP contribution in [0.25, 0.3) is 0 Å². The maximum absolute atomic E-state index is 10.9. The summed E-state index contributed by atoms with van der Waals surface area (Å²) in [6, 6.07) is 0.276. The van der Waals surface area contributed by atoms with Gasteiger partial charge >= 0.3 is 0 Å². The van der Waals surface area contributed by atoms with Crippen molar-refractivity contribution in [1.29, 1.82) is 0 Å². The number of nitrogens with two attached hydrogens (primary N) is 1. The number of piperidine rings is 1. The minimum Gasteiger partial charge on any atom is -0.368 e. The molecule has 0 aromatic heterocycles. The van der Waals surface area contributed by atoms with Crippen molar-refractivity contribution in [1.82, 2.24) is 10.2 Å². The lowest BCUT2D eigenvalue weighted by atomic mass is 10.0. The molecule has 0 spiro atoms. The summed E-state index contributed by atoms with van der Waals surface area (Å²) in [5.41, 5.74) is 5.24. The van der Waals surface area contributed by atoms with Crippen LogP contribution in [0.2, 0.25) is 0 Å². The van der Waals surface area contributed by atoms with Crippen molar-refractivity contribution >= 4 is 5.91 Å². The second kappa shape index (κ2) is 5.15. The average molecular weight is 225 g/mol. The zero-order chi connectivity index (χ0) is 11.5. The lowest BCUT2D eigenvalue weighted by molar-refractivity contribution is -0.119. The molecular formula is C12H23N3O. The predicted octanol–water partition coefficient (Wildman–Crippen LogP) is 0.324. The zero-order valence-corrected chi connectivity index (χ0v) is 10.1. The maximum Gasteiger partial charge on any atom is 0.234 e. The van der Waals surface area contributed by atoms with Crippen molar-refractivity contribution < 1.29 is 4.79 Å². The first kappa shape index (κ1) is 11.9. The van der Waals surface area contributed by atoms with Gasteiger partial charge in [0.05, 0.1) is 6.04 Å². The standard InChI is InChI=1S/C12H23N3O/c1-9(12(13)16)14-11-4-6-15(7-5-11)8-10-2-3-10/h9-11,14H,2-8H2,1H3,(H2,13,16)/t9-/m0/s1. The van der Waals surface area contributed by atoms with E-state index in [-0.39, 0.29) is 11.9 Å². The minimum absolute atomic E-state index is 0.194. The Balaban J connectivity index is 1.65. The molecule has 0 aromatic carbocycles. The number of nitrogens with zero attached hydrogens (tertiary/aromatic N) is 1. The SMILES string of the molecule is C[C@H](NC1CCN(CC2CC2)CC1)C(N)=O. The highest BCUT2D eigenvalue weighted by Gasteiger charge is 2.27. The van der Waals surface area contributed by atoms with Gasteiger partial charge in [0.2, 0.25) is 5.91 Å². The summed E-state index contributed by atoms with van der Waals surface area (Å²) in [5.74, 6) is 0.731. The first-order valence-electron chi connectivity index (χ1n) is 6.43. The summed E-state index contributed by atoms with van der Waals surface area (Å²) in [6.45, 7) is 5.47. The number of carbonyl (C=O) groups is 1. The van der Waals surface area contributed by atoms with E-state index in [9.17, 15) is 4.79 Å². The minimum atomic E-state index is -0.250. The largest absolute Gasteiger partial charge is 0.368 e. The van der Waals surface area contributed by atoms with Gasteiger partial charge in [0.25, 0.3) is 0 Å². The molecule has 0 aromatic rings. The zero-order valence-electron chi connectivity index (χ0n) is 10.1. The summed E-state index contributed by atoms with van der Waals surface area (Å²) in [7, 11) is 0. The molecule has 2 rings (SSSR count). The molecular weight excluding hydrogens is 202 g/mol. The number of nitrogens with one attached hydrogen (secondary N) is 1. The molecule has 92 valence electrons. The quantitative estimate of drug-likeness (QED) is 0.708. The third-order valence-electron chi connectivity index (χ3n) is 3.71. The number of carbonyl (C=O) groups excluding carboxylic acids is 1. The maximum atomic E-state index is 10.9. The Morgan fingerprint density at radius 2 is 2.00 bits per heavy atom. The molecule has 1 saturated carbocycles. The van der Waals surface area contributed by atoms with E-state index in [4.69, 9.17) is 5.73 Å². The lowest BCUT2D eigenvalue weighted by Gasteiger charge is -2.33. The van der Waals surface area contributed by atoms with Gasteiger partial charge in [-0.2, -0.15) is 0 Å². The summed E-state index contributed by atoms with van der Waals surface area (Å²) in [4.78, 5) is 13.5. The topological polar surface area (TPSA) is 58.4 Å². The summed E-state index contributed by atoms with van der Waals surface area (Å²) in [5, 5.41) is 3.31. The summed E-state index contributed by atoms with van der Waals surface area (Å²) >= 11 is 0. The molecule has 0 radical (unpaired) electrons. The molecule has 2 fully saturated rings. The van der Waals surface area contributed by atoms with Crippen LogP contribution in [0.15, 0.2) is 0 Å². The van der Waals surface area contributed by atoms with Crippen LogP contribution in [0.3, 0.4) is 0 Å². The van der Waals surface area contributed by atoms with E-state index in [0.29, 0.717) is 6.04 Å². The number of rotatable bonds is 5. The summed E-state index contributed by atoms with van der Waals surface area (Å²) < 4.78 is 0. The highest BCUT2D eigenvalue weighted by molar-refractivity contribution is 5.79. The van der Waals surface area contributed by atoms with E-state index in [1.807, 2.05) is 6.92 Å². The van der Waals surface area contributed by atoms with Gasteiger partial charge in [0.15, 0.2) is 0 Å². The molecule has 0 unspecified atom stereocenters. The molecule has 1 aliphatic heterocycles. The molecule has 16 heavy (non-hydrogen) atoms. The van der Waals surface area contributed by atoms with Crippen LogP contribution in [0.5, 0.6) is 0 Å². The van der Waals surface area contributed by atoms with Crippen LogP contribution in [-0.2, 0) is 4.79 Å². The number of hydrogen-bond acceptors (Lipinski definition) is 3. The molecule has 1 aliphatic carbocycles. The van der Waals surface area contributed by atoms with Crippen molar-refractivity contribution in [3.05, 3.63) is 0 Å². The number of hydrogen-bond donors (Lipinski definition) is 2. The van der Waals surface area contributed by atoms with Gasteiger partial charge in [0.1, 0.15) is 0 Å². The third-order valence-corrected chi connectivity index (χ3v) is 3.71.